The molecule has 0 aromatic heterocycles. The van der Waals surface area contributed by atoms with Crippen LogP contribution in [0, 0.1) is 0 Å². The van der Waals surface area contributed by atoms with E-state index in [4.69, 9.17) is 0 Å². The molecule has 0 saturated carbocycles. The second kappa shape index (κ2) is 6.26. The van der Waals surface area contributed by atoms with Crippen LogP contribution >= 0.6 is 12.4 Å². The summed E-state index contributed by atoms with van der Waals surface area (Å²) < 4.78 is 0. The Labute approximate surface area is 116 Å². The van der Waals surface area contributed by atoms with Crippen LogP contribution in [0.1, 0.15) is 25.3 Å². The largest absolute Gasteiger partial charge is 0.508 e. The maximum Gasteiger partial charge on any atom is 0.115 e. The summed E-state index contributed by atoms with van der Waals surface area (Å²) >= 11 is 0. The number of piperidine rings is 1. The normalized spacial score (nSPS) is 24.3. The van der Waals surface area contributed by atoms with E-state index in [1.807, 2.05) is 18.2 Å². The molecular weight excluding hydrogens is 246 g/mol. The minimum Gasteiger partial charge on any atom is -0.508 e. The van der Waals surface area contributed by atoms with Gasteiger partial charge in [-0.15, -0.1) is 19.0 Å². The van der Waals surface area contributed by atoms with Crippen molar-refractivity contribution in [3.05, 3.63) is 42.5 Å². The third-order valence-corrected chi connectivity index (χ3v) is 3.73. The van der Waals surface area contributed by atoms with Crippen LogP contribution in [0.25, 0.3) is 0 Å². The average molecular weight is 268 g/mol. The maximum absolute atomic E-state index is 9.35. The first-order valence-electron chi connectivity index (χ1n) is 6.27. The van der Waals surface area contributed by atoms with E-state index in [0.717, 1.165) is 13.1 Å². The molecule has 1 unspecified atom stereocenters. The summed E-state index contributed by atoms with van der Waals surface area (Å²) in [5.41, 5.74) is 1.53. The van der Waals surface area contributed by atoms with Gasteiger partial charge >= 0.3 is 0 Å². The molecule has 18 heavy (non-hydrogen) atoms. The Morgan fingerprint density at radius 2 is 2.06 bits per heavy atom. The van der Waals surface area contributed by atoms with Crippen LogP contribution in [0.15, 0.2) is 36.9 Å². The molecule has 1 aliphatic rings. The summed E-state index contributed by atoms with van der Waals surface area (Å²) in [6.07, 6.45) is 4.42. The quantitative estimate of drug-likeness (QED) is 0.849. The molecule has 1 saturated heterocycles. The van der Waals surface area contributed by atoms with Gasteiger partial charge in [-0.3, -0.25) is 4.90 Å². The Morgan fingerprint density at radius 1 is 1.39 bits per heavy atom. The topological polar surface area (TPSA) is 23.5 Å². The summed E-state index contributed by atoms with van der Waals surface area (Å²) in [4.78, 5) is 2.45. The van der Waals surface area contributed by atoms with Gasteiger partial charge in [0, 0.05) is 18.5 Å². The number of rotatable bonds is 3. The molecule has 100 valence electrons. The SMILES string of the molecule is C=CCN1CCCC(C)(c2ccc(O)cc2)C1.Cl. The molecule has 1 aliphatic heterocycles. The van der Waals surface area contributed by atoms with E-state index < -0.39 is 0 Å². The molecule has 0 spiro atoms. The molecule has 3 heteroatoms. The fourth-order valence-electron chi connectivity index (χ4n) is 2.78. The molecule has 0 radical (unpaired) electrons. The highest BCUT2D eigenvalue weighted by Gasteiger charge is 2.31. The molecule has 1 N–H and O–H groups in total. The van der Waals surface area contributed by atoms with Crippen molar-refractivity contribution in [1.82, 2.24) is 4.90 Å². The van der Waals surface area contributed by atoms with Crippen molar-refractivity contribution in [2.75, 3.05) is 19.6 Å². The molecular formula is C15H22ClNO. The summed E-state index contributed by atoms with van der Waals surface area (Å²) in [5.74, 6) is 0.344. The summed E-state index contributed by atoms with van der Waals surface area (Å²) in [6, 6.07) is 7.67. The van der Waals surface area contributed by atoms with Crippen LogP contribution in [0.2, 0.25) is 0 Å². The van der Waals surface area contributed by atoms with Crippen molar-refractivity contribution in [2.45, 2.75) is 25.2 Å². The standard InChI is InChI=1S/C15H21NO.ClH/c1-3-10-16-11-4-9-15(2,12-16)13-5-7-14(17)8-6-13;/h3,5-8,17H,1,4,9-12H2,2H3;1H. The lowest BCUT2D eigenvalue weighted by Gasteiger charge is -2.40. The molecule has 2 nitrogen and oxygen atoms in total. The number of halogens is 1. The number of nitrogens with zero attached hydrogens (tertiary/aromatic N) is 1. The Bertz CT molecular complexity index is 390. The lowest BCUT2D eigenvalue weighted by molar-refractivity contribution is 0.171. The molecule has 1 aromatic carbocycles. The highest BCUT2D eigenvalue weighted by Crippen LogP contribution is 2.34. The molecule has 1 fully saturated rings. The van der Waals surface area contributed by atoms with Gasteiger partial charge in [-0.2, -0.15) is 0 Å². The summed E-state index contributed by atoms with van der Waals surface area (Å²) in [7, 11) is 0. The first-order chi connectivity index (χ1) is 8.14. The first kappa shape index (κ1) is 15.1. The molecule has 1 heterocycles. The lowest BCUT2D eigenvalue weighted by Crippen LogP contribution is -2.44. The van der Waals surface area contributed by atoms with Crippen molar-refractivity contribution >= 4 is 12.4 Å². The number of hydrogen-bond acceptors (Lipinski definition) is 2. The van der Waals surface area contributed by atoms with Gasteiger partial charge in [0.25, 0.3) is 0 Å². The lowest BCUT2D eigenvalue weighted by atomic mass is 9.76. The van der Waals surface area contributed by atoms with Gasteiger partial charge in [0.05, 0.1) is 0 Å². The molecule has 1 atom stereocenters. The van der Waals surface area contributed by atoms with Crippen LogP contribution in [0.5, 0.6) is 5.75 Å². The zero-order valence-electron chi connectivity index (χ0n) is 10.9. The van der Waals surface area contributed by atoms with E-state index >= 15 is 0 Å². The van der Waals surface area contributed by atoms with E-state index in [0.29, 0.717) is 5.75 Å². The maximum atomic E-state index is 9.35. The smallest absolute Gasteiger partial charge is 0.115 e. The number of phenolic OH excluding ortho intramolecular Hbond substituents is 1. The van der Waals surface area contributed by atoms with E-state index in [2.05, 4.69) is 18.4 Å². The Balaban J connectivity index is 0.00000162. The van der Waals surface area contributed by atoms with Crippen LogP contribution in [0.4, 0.5) is 0 Å². The zero-order valence-corrected chi connectivity index (χ0v) is 11.7. The zero-order chi connectivity index (χ0) is 12.3. The van der Waals surface area contributed by atoms with Crippen molar-refractivity contribution in [1.29, 1.82) is 0 Å². The van der Waals surface area contributed by atoms with Gasteiger partial charge in [0.2, 0.25) is 0 Å². The Hall–Kier alpha value is -0.990. The number of hydrogen-bond donors (Lipinski definition) is 1. The van der Waals surface area contributed by atoms with Crippen LogP contribution in [-0.2, 0) is 5.41 Å². The predicted molar refractivity (Wildman–Crippen MR) is 78.6 cm³/mol. The molecule has 0 amide bonds. The van der Waals surface area contributed by atoms with Gasteiger partial charge < -0.3 is 5.11 Å². The summed E-state index contributed by atoms with van der Waals surface area (Å²) in [6.45, 7) is 9.33. The second-order valence-electron chi connectivity index (χ2n) is 5.23. The Morgan fingerprint density at radius 3 is 2.67 bits per heavy atom. The number of phenols is 1. The fraction of sp³-hybridized carbons (Fsp3) is 0.467. The third kappa shape index (κ3) is 3.27. The van der Waals surface area contributed by atoms with Crippen molar-refractivity contribution in [3.63, 3.8) is 0 Å². The number of benzene rings is 1. The third-order valence-electron chi connectivity index (χ3n) is 3.73. The second-order valence-corrected chi connectivity index (χ2v) is 5.23. The van der Waals surface area contributed by atoms with Gasteiger partial charge in [0.1, 0.15) is 5.75 Å². The number of likely N-dealkylation sites (tertiary alicyclic amines) is 1. The van der Waals surface area contributed by atoms with Crippen LogP contribution in [0.3, 0.4) is 0 Å². The van der Waals surface area contributed by atoms with Gasteiger partial charge in [0.15, 0.2) is 0 Å². The molecule has 1 aromatic rings. The first-order valence-corrected chi connectivity index (χ1v) is 6.27. The predicted octanol–water partition coefficient (Wildman–Crippen LogP) is 3.35. The summed E-state index contributed by atoms with van der Waals surface area (Å²) in [5, 5.41) is 9.35. The van der Waals surface area contributed by atoms with Crippen molar-refractivity contribution < 1.29 is 5.11 Å². The van der Waals surface area contributed by atoms with Crippen LogP contribution < -0.4 is 0 Å². The monoisotopic (exact) mass is 267 g/mol. The van der Waals surface area contributed by atoms with Gasteiger partial charge in [-0.05, 0) is 37.1 Å². The molecule has 2 rings (SSSR count). The molecule has 0 bridgehead atoms. The molecule has 0 aliphatic carbocycles. The van der Waals surface area contributed by atoms with E-state index in [-0.39, 0.29) is 17.8 Å². The van der Waals surface area contributed by atoms with E-state index in [1.54, 1.807) is 12.1 Å². The minimum absolute atomic E-state index is 0. The van der Waals surface area contributed by atoms with Crippen molar-refractivity contribution in [2.24, 2.45) is 0 Å². The van der Waals surface area contributed by atoms with Crippen molar-refractivity contribution in [3.8, 4) is 5.75 Å². The van der Waals surface area contributed by atoms with E-state index in [9.17, 15) is 5.11 Å². The van der Waals surface area contributed by atoms with Crippen LogP contribution in [-0.4, -0.2) is 29.6 Å². The Kier molecular flexibility index (Phi) is 5.24. The highest BCUT2D eigenvalue weighted by atomic mass is 35.5. The number of aromatic hydroxyl groups is 1. The van der Waals surface area contributed by atoms with E-state index in [1.165, 1.54) is 24.9 Å². The van der Waals surface area contributed by atoms with Gasteiger partial charge in [-0.25, -0.2) is 0 Å². The fourth-order valence-corrected chi connectivity index (χ4v) is 2.78. The minimum atomic E-state index is 0. The average Bonchev–Trinajstić information content (AvgIpc) is 2.30. The van der Waals surface area contributed by atoms with Gasteiger partial charge in [-0.1, -0.05) is 25.1 Å². The highest BCUT2D eigenvalue weighted by molar-refractivity contribution is 5.85.